The van der Waals surface area contributed by atoms with Crippen molar-refractivity contribution in [1.82, 2.24) is 0 Å². The molecule has 33 heavy (non-hydrogen) atoms. The van der Waals surface area contributed by atoms with Crippen LogP contribution in [0.2, 0.25) is 0 Å². The highest BCUT2D eigenvalue weighted by atomic mass is 16.3. The lowest BCUT2D eigenvalue weighted by Gasteiger charge is -2.16. The van der Waals surface area contributed by atoms with Gasteiger partial charge in [-0.2, -0.15) is 0 Å². The molecular formula is C30H20O3. The van der Waals surface area contributed by atoms with Crippen LogP contribution >= 0.6 is 0 Å². The van der Waals surface area contributed by atoms with Crippen LogP contribution in [0.5, 0.6) is 17.2 Å². The molecule has 0 heterocycles. The lowest BCUT2D eigenvalue weighted by molar-refractivity contribution is 0.481. The highest BCUT2D eigenvalue weighted by Gasteiger charge is 2.16. The first-order valence-corrected chi connectivity index (χ1v) is 10.8. The minimum atomic E-state index is 0.199. The molecule has 0 saturated heterocycles. The van der Waals surface area contributed by atoms with Gasteiger partial charge in [-0.05, 0) is 56.6 Å². The number of hydrogen-bond acceptors (Lipinski definition) is 3. The predicted octanol–water partition coefficient (Wildman–Crippen LogP) is 7.60. The Morgan fingerprint density at radius 1 is 0.303 bits per heavy atom. The quantitative estimate of drug-likeness (QED) is 0.266. The smallest absolute Gasteiger partial charge is 0.124 e. The molecule has 158 valence electrons. The Hall–Kier alpha value is -4.50. The average molecular weight is 428 g/mol. The van der Waals surface area contributed by atoms with Gasteiger partial charge in [0.05, 0.1) is 0 Å². The van der Waals surface area contributed by atoms with Gasteiger partial charge in [-0.15, -0.1) is 0 Å². The lowest BCUT2D eigenvalue weighted by atomic mass is 9.88. The van der Waals surface area contributed by atoms with E-state index in [4.69, 9.17) is 0 Å². The van der Waals surface area contributed by atoms with E-state index < -0.39 is 0 Å². The summed E-state index contributed by atoms with van der Waals surface area (Å²) in [5.74, 6) is 0.674. The largest absolute Gasteiger partial charge is 0.507 e. The van der Waals surface area contributed by atoms with Crippen LogP contribution in [0, 0.1) is 0 Å². The molecule has 0 saturated carbocycles. The van der Waals surface area contributed by atoms with E-state index in [1.54, 1.807) is 18.2 Å². The molecule has 0 bridgehead atoms. The molecule has 0 aliphatic rings. The van der Waals surface area contributed by atoms with E-state index in [-0.39, 0.29) is 17.2 Å². The maximum Gasteiger partial charge on any atom is 0.124 e. The number of aromatic hydroxyl groups is 3. The molecule has 0 unspecified atom stereocenters. The summed E-state index contributed by atoms with van der Waals surface area (Å²) in [6.45, 7) is 0. The minimum absolute atomic E-state index is 0.199. The van der Waals surface area contributed by atoms with E-state index in [0.717, 1.165) is 54.6 Å². The molecule has 0 aliphatic heterocycles. The third kappa shape index (κ3) is 2.90. The fourth-order valence-corrected chi connectivity index (χ4v) is 4.89. The van der Waals surface area contributed by atoms with Crippen molar-refractivity contribution in [3.8, 4) is 39.5 Å². The highest BCUT2D eigenvalue weighted by molar-refractivity contribution is 6.14. The molecule has 0 atom stereocenters. The van der Waals surface area contributed by atoms with Crippen molar-refractivity contribution in [2.24, 2.45) is 0 Å². The van der Waals surface area contributed by atoms with Gasteiger partial charge >= 0.3 is 0 Å². The zero-order valence-electron chi connectivity index (χ0n) is 17.7. The number of phenols is 3. The fraction of sp³-hybridized carbons (Fsp3) is 0. The fourth-order valence-electron chi connectivity index (χ4n) is 4.89. The molecule has 0 aliphatic carbocycles. The van der Waals surface area contributed by atoms with E-state index in [0.29, 0.717) is 0 Å². The monoisotopic (exact) mass is 428 g/mol. The van der Waals surface area contributed by atoms with Gasteiger partial charge in [0.15, 0.2) is 0 Å². The Morgan fingerprint density at radius 3 is 1.55 bits per heavy atom. The molecule has 3 N–H and O–H groups in total. The number of rotatable bonds is 2. The van der Waals surface area contributed by atoms with E-state index in [1.165, 1.54) is 0 Å². The maximum absolute atomic E-state index is 11.0. The van der Waals surface area contributed by atoms with Crippen molar-refractivity contribution >= 4 is 32.3 Å². The van der Waals surface area contributed by atoms with Gasteiger partial charge in [-0.25, -0.2) is 0 Å². The van der Waals surface area contributed by atoms with Crippen molar-refractivity contribution in [2.75, 3.05) is 0 Å². The molecule has 3 heteroatoms. The first kappa shape index (κ1) is 19.2. The summed E-state index contributed by atoms with van der Waals surface area (Å²) >= 11 is 0. The Bertz CT molecular complexity index is 1700. The molecule has 0 radical (unpaired) electrons. The minimum Gasteiger partial charge on any atom is -0.507 e. The van der Waals surface area contributed by atoms with Crippen LogP contribution in [0.1, 0.15) is 0 Å². The molecule has 0 fully saturated rings. The summed E-state index contributed by atoms with van der Waals surface area (Å²) < 4.78 is 0. The van der Waals surface area contributed by atoms with E-state index in [9.17, 15) is 15.3 Å². The highest BCUT2D eigenvalue weighted by Crippen LogP contribution is 2.44. The van der Waals surface area contributed by atoms with Crippen molar-refractivity contribution in [2.45, 2.75) is 0 Å². The summed E-state index contributed by atoms with van der Waals surface area (Å²) in [5, 5.41) is 36.8. The topological polar surface area (TPSA) is 60.7 Å². The van der Waals surface area contributed by atoms with Crippen molar-refractivity contribution in [3.63, 3.8) is 0 Å². The van der Waals surface area contributed by atoms with Crippen LogP contribution < -0.4 is 0 Å². The second kappa shape index (κ2) is 7.28. The first-order chi connectivity index (χ1) is 16.1. The van der Waals surface area contributed by atoms with Gasteiger partial charge in [0.25, 0.3) is 0 Å². The molecule has 6 aromatic carbocycles. The summed E-state index contributed by atoms with van der Waals surface area (Å²) in [6, 6.07) is 32.4. The van der Waals surface area contributed by atoms with E-state index >= 15 is 0 Å². The standard InChI is InChI=1S/C30H20O3/c31-27-12-4-9-19-20(8-3-10-24(19)27)26-15-14-22(25-11-5-13-29(33)30(25)26)21-16-17-28(32)23-7-2-1-6-18(21)23/h1-17,31-33H. The molecule has 0 amide bonds. The Labute approximate surface area is 190 Å². The zero-order valence-corrected chi connectivity index (χ0v) is 17.7. The summed E-state index contributed by atoms with van der Waals surface area (Å²) in [6.07, 6.45) is 0. The molecule has 3 nitrogen and oxygen atoms in total. The van der Waals surface area contributed by atoms with Crippen LogP contribution in [-0.2, 0) is 0 Å². The molecule has 6 rings (SSSR count). The maximum atomic E-state index is 11.0. The second-order valence-corrected chi connectivity index (χ2v) is 8.22. The number of fused-ring (bicyclic) bond motifs is 3. The second-order valence-electron chi connectivity index (χ2n) is 8.22. The third-order valence-corrected chi connectivity index (χ3v) is 6.40. The Balaban J connectivity index is 1.70. The normalized spacial score (nSPS) is 11.4. The molecule has 0 aromatic heterocycles. The molecule has 0 spiro atoms. The number of hydrogen-bond donors (Lipinski definition) is 3. The van der Waals surface area contributed by atoms with Crippen molar-refractivity contribution in [3.05, 3.63) is 103 Å². The van der Waals surface area contributed by atoms with Crippen molar-refractivity contribution in [1.29, 1.82) is 0 Å². The summed E-state index contributed by atoms with van der Waals surface area (Å²) in [7, 11) is 0. The number of phenolic OH excluding ortho intramolecular Hbond substituents is 3. The predicted molar refractivity (Wildman–Crippen MR) is 135 cm³/mol. The Morgan fingerprint density at radius 2 is 0.758 bits per heavy atom. The Kier molecular flexibility index (Phi) is 4.24. The first-order valence-electron chi connectivity index (χ1n) is 10.8. The van der Waals surface area contributed by atoms with Gasteiger partial charge in [-0.3, -0.25) is 0 Å². The zero-order chi connectivity index (χ0) is 22.5. The van der Waals surface area contributed by atoms with Crippen molar-refractivity contribution < 1.29 is 15.3 Å². The van der Waals surface area contributed by atoms with E-state index in [2.05, 4.69) is 6.07 Å². The van der Waals surface area contributed by atoms with E-state index in [1.807, 2.05) is 78.9 Å². The average Bonchev–Trinajstić information content (AvgIpc) is 2.84. The van der Waals surface area contributed by atoms with Crippen LogP contribution in [0.3, 0.4) is 0 Å². The van der Waals surface area contributed by atoms with Gasteiger partial charge in [-0.1, -0.05) is 84.9 Å². The van der Waals surface area contributed by atoms with Crippen LogP contribution in [0.4, 0.5) is 0 Å². The van der Waals surface area contributed by atoms with Crippen LogP contribution in [-0.4, -0.2) is 15.3 Å². The van der Waals surface area contributed by atoms with Crippen LogP contribution in [0.25, 0.3) is 54.6 Å². The molecule has 6 aromatic rings. The summed E-state index contributed by atoms with van der Waals surface area (Å²) in [5.41, 5.74) is 3.80. The van der Waals surface area contributed by atoms with Crippen LogP contribution in [0.15, 0.2) is 103 Å². The van der Waals surface area contributed by atoms with Gasteiger partial charge < -0.3 is 15.3 Å². The van der Waals surface area contributed by atoms with Gasteiger partial charge in [0, 0.05) is 16.2 Å². The molecular weight excluding hydrogens is 408 g/mol. The number of benzene rings is 6. The third-order valence-electron chi connectivity index (χ3n) is 6.40. The van der Waals surface area contributed by atoms with Gasteiger partial charge in [0.2, 0.25) is 0 Å². The van der Waals surface area contributed by atoms with Gasteiger partial charge in [0.1, 0.15) is 17.2 Å². The lowest BCUT2D eigenvalue weighted by Crippen LogP contribution is -1.89. The summed E-state index contributed by atoms with van der Waals surface area (Å²) in [4.78, 5) is 0. The SMILES string of the molecule is Oc1ccc(-c2ccc(-c3cccc4c(O)cccc34)c3c(O)cccc23)c2ccccc12.